The van der Waals surface area contributed by atoms with Gasteiger partial charge in [0.2, 0.25) is 0 Å². The first-order valence-corrected chi connectivity index (χ1v) is 9.30. The van der Waals surface area contributed by atoms with E-state index in [-0.39, 0.29) is 0 Å². The molecule has 2 aromatic rings. The van der Waals surface area contributed by atoms with Gasteiger partial charge >= 0.3 is 0 Å². The third-order valence-electron chi connectivity index (χ3n) is 4.42. The minimum atomic E-state index is 0.592. The van der Waals surface area contributed by atoms with E-state index in [0.717, 1.165) is 24.2 Å². The minimum Gasteiger partial charge on any atom is -0.332 e. The summed E-state index contributed by atoms with van der Waals surface area (Å²) in [5.41, 5.74) is 4.80. The van der Waals surface area contributed by atoms with E-state index in [2.05, 4.69) is 73.9 Å². The Labute approximate surface area is 151 Å². The molecule has 2 N–H and O–H groups in total. The van der Waals surface area contributed by atoms with Gasteiger partial charge in [-0.2, -0.15) is 0 Å². The highest BCUT2D eigenvalue weighted by Crippen LogP contribution is 2.21. The highest BCUT2D eigenvalue weighted by atomic mass is 32.1. The smallest absolute Gasteiger partial charge is 0.175 e. The van der Waals surface area contributed by atoms with Crippen molar-refractivity contribution in [2.24, 2.45) is 0 Å². The van der Waals surface area contributed by atoms with E-state index in [9.17, 15) is 0 Å². The summed E-state index contributed by atoms with van der Waals surface area (Å²) in [6, 6.07) is 16.9. The van der Waals surface area contributed by atoms with Crippen molar-refractivity contribution in [1.82, 2.24) is 0 Å². The lowest BCUT2D eigenvalue weighted by molar-refractivity contribution is 0.734. The molecule has 0 spiro atoms. The summed E-state index contributed by atoms with van der Waals surface area (Å²) in [6.07, 6.45) is 4.61. The third kappa shape index (κ3) is 5.34. The first-order chi connectivity index (χ1) is 11.6. The number of anilines is 2. The summed E-state index contributed by atoms with van der Waals surface area (Å²) < 4.78 is 0. The van der Waals surface area contributed by atoms with Gasteiger partial charge in [-0.25, -0.2) is 0 Å². The van der Waals surface area contributed by atoms with Crippen LogP contribution < -0.4 is 10.6 Å². The molecule has 2 rings (SSSR count). The van der Waals surface area contributed by atoms with Crippen molar-refractivity contribution < 1.29 is 0 Å². The minimum absolute atomic E-state index is 0.592. The molecule has 0 saturated carbocycles. The number of benzene rings is 2. The van der Waals surface area contributed by atoms with Crippen molar-refractivity contribution in [3.8, 4) is 0 Å². The lowest BCUT2D eigenvalue weighted by Gasteiger charge is -2.15. The van der Waals surface area contributed by atoms with Gasteiger partial charge in [-0.15, -0.1) is 0 Å². The van der Waals surface area contributed by atoms with Gasteiger partial charge in [-0.1, -0.05) is 57.5 Å². The van der Waals surface area contributed by atoms with Crippen molar-refractivity contribution in [2.75, 3.05) is 10.6 Å². The summed E-state index contributed by atoms with van der Waals surface area (Å²) in [7, 11) is 0. The molecular formula is C21H28N2S. The Hall–Kier alpha value is -1.87. The zero-order chi connectivity index (χ0) is 17.4. The van der Waals surface area contributed by atoms with Crippen molar-refractivity contribution in [1.29, 1.82) is 0 Å². The number of thiocarbonyl (C=S) groups is 1. The van der Waals surface area contributed by atoms with Gasteiger partial charge in [0.25, 0.3) is 0 Å². The average Bonchev–Trinajstić information content (AvgIpc) is 2.61. The average molecular weight is 341 g/mol. The molecule has 0 aliphatic carbocycles. The fraction of sp³-hybridized carbons (Fsp3) is 0.381. The SMILES string of the molecule is CCCCc1ccccc1NC(=S)Nc1ccc(C(C)CC)cc1. The van der Waals surface area contributed by atoms with Crippen LogP contribution in [0.25, 0.3) is 0 Å². The quantitative estimate of drug-likeness (QED) is 0.574. The van der Waals surface area contributed by atoms with Crippen molar-refractivity contribution in [3.63, 3.8) is 0 Å². The van der Waals surface area contributed by atoms with Crippen LogP contribution in [0.15, 0.2) is 48.5 Å². The molecule has 0 aliphatic rings. The van der Waals surface area contributed by atoms with E-state index in [1.165, 1.54) is 24.0 Å². The Morgan fingerprint density at radius 1 is 1.00 bits per heavy atom. The maximum atomic E-state index is 5.48. The molecule has 1 unspecified atom stereocenters. The van der Waals surface area contributed by atoms with E-state index in [4.69, 9.17) is 12.2 Å². The van der Waals surface area contributed by atoms with Crippen LogP contribution in [0.1, 0.15) is 57.1 Å². The maximum absolute atomic E-state index is 5.48. The molecule has 0 heterocycles. The molecule has 0 bridgehead atoms. The normalized spacial score (nSPS) is 11.8. The predicted octanol–water partition coefficient (Wildman–Crippen LogP) is 6.35. The fourth-order valence-electron chi connectivity index (χ4n) is 2.64. The molecule has 2 nitrogen and oxygen atoms in total. The lowest BCUT2D eigenvalue weighted by atomic mass is 9.99. The van der Waals surface area contributed by atoms with Crippen LogP contribution in [0, 0.1) is 0 Å². The molecular weight excluding hydrogens is 312 g/mol. The van der Waals surface area contributed by atoms with Crippen LogP contribution in [0.3, 0.4) is 0 Å². The van der Waals surface area contributed by atoms with Crippen molar-refractivity contribution in [2.45, 2.75) is 52.4 Å². The van der Waals surface area contributed by atoms with E-state index >= 15 is 0 Å². The Kier molecular flexibility index (Phi) is 7.26. The number of nitrogens with one attached hydrogen (secondary N) is 2. The van der Waals surface area contributed by atoms with Gasteiger partial charge in [0.05, 0.1) is 0 Å². The van der Waals surface area contributed by atoms with Gasteiger partial charge in [-0.3, -0.25) is 0 Å². The predicted molar refractivity (Wildman–Crippen MR) is 110 cm³/mol. The molecule has 0 amide bonds. The van der Waals surface area contributed by atoms with Crippen LogP contribution >= 0.6 is 12.2 Å². The van der Waals surface area contributed by atoms with Gasteiger partial charge in [0, 0.05) is 11.4 Å². The second kappa shape index (κ2) is 9.43. The molecule has 24 heavy (non-hydrogen) atoms. The van der Waals surface area contributed by atoms with E-state index in [0.29, 0.717) is 11.0 Å². The number of hydrogen-bond acceptors (Lipinski definition) is 1. The van der Waals surface area contributed by atoms with Crippen LogP contribution in [-0.4, -0.2) is 5.11 Å². The van der Waals surface area contributed by atoms with Crippen LogP contribution in [0.5, 0.6) is 0 Å². The van der Waals surface area contributed by atoms with E-state index < -0.39 is 0 Å². The summed E-state index contributed by atoms with van der Waals surface area (Å²) >= 11 is 5.48. The highest BCUT2D eigenvalue weighted by molar-refractivity contribution is 7.80. The maximum Gasteiger partial charge on any atom is 0.175 e. The van der Waals surface area contributed by atoms with Crippen LogP contribution in [0.2, 0.25) is 0 Å². The Morgan fingerprint density at radius 3 is 2.38 bits per heavy atom. The molecule has 0 aromatic heterocycles. The second-order valence-corrected chi connectivity index (χ2v) is 6.68. The fourth-order valence-corrected chi connectivity index (χ4v) is 2.87. The summed E-state index contributed by atoms with van der Waals surface area (Å²) in [5.74, 6) is 0.592. The molecule has 2 aromatic carbocycles. The van der Waals surface area contributed by atoms with E-state index in [1.807, 2.05) is 6.07 Å². The van der Waals surface area contributed by atoms with Gasteiger partial charge in [0.15, 0.2) is 5.11 Å². The van der Waals surface area contributed by atoms with Crippen molar-refractivity contribution in [3.05, 3.63) is 59.7 Å². The summed E-state index contributed by atoms with van der Waals surface area (Å²) in [5, 5.41) is 7.25. The Morgan fingerprint density at radius 2 is 1.71 bits per heavy atom. The van der Waals surface area contributed by atoms with Crippen molar-refractivity contribution >= 4 is 28.7 Å². The molecule has 128 valence electrons. The first kappa shape index (κ1) is 18.5. The largest absolute Gasteiger partial charge is 0.332 e. The molecule has 0 fully saturated rings. The van der Waals surface area contributed by atoms with Crippen LogP contribution in [0.4, 0.5) is 11.4 Å². The second-order valence-electron chi connectivity index (χ2n) is 6.27. The van der Waals surface area contributed by atoms with Gasteiger partial charge < -0.3 is 10.6 Å². The lowest BCUT2D eigenvalue weighted by Crippen LogP contribution is -2.20. The topological polar surface area (TPSA) is 24.1 Å². The number of hydrogen-bond donors (Lipinski definition) is 2. The molecule has 0 radical (unpaired) electrons. The summed E-state index contributed by atoms with van der Waals surface area (Å²) in [6.45, 7) is 6.68. The number of aryl methyl sites for hydroxylation is 1. The zero-order valence-electron chi connectivity index (χ0n) is 14.9. The number of rotatable bonds is 7. The van der Waals surface area contributed by atoms with Crippen LogP contribution in [-0.2, 0) is 6.42 Å². The Bertz CT molecular complexity index is 649. The highest BCUT2D eigenvalue weighted by Gasteiger charge is 2.05. The number of para-hydroxylation sites is 1. The van der Waals surface area contributed by atoms with Gasteiger partial charge in [-0.05, 0) is 66.7 Å². The van der Waals surface area contributed by atoms with Gasteiger partial charge in [0.1, 0.15) is 0 Å². The molecule has 0 aliphatic heterocycles. The third-order valence-corrected chi connectivity index (χ3v) is 4.62. The molecule has 1 atom stereocenters. The van der Waals surface area contributed by atoms with E-state index in [1.54, 1.807) is 0 Å². The summed E-state index contributed by atoms with van der Waals surface area (Å²) in [4.78, 5) is 0. The first-order valence-electron chi connectivity index (χ1n) is 8.89. The molecule has 3 heteroatoms. The Balaban J connectivity index is 1.98. The standard InChI is InChI=1S/C21H28N2S/c1-4-6-9-18-10-7-8-11-20(18)23-21(24)22-19-14-12-17(13-15-19)16(3)5-2/h7-8,10-16H,4-6,9H2,1-3H3,(H2,22,23,24). The number of unbranched alkanes of at least 4 members (excludes halogenated alkanes) is 1. The molecule has 0 saturated heterocycles. The monoisotopic (exact) mass is 340 g/mol. The zero-order valence-corrected chi connectivity index (χ0v) is 15.7.